The van der Waals surface area contributed by atoms with Crippen molar-refractivity contribution in [3.63, 3.8) is 0 Å². The number of hydrogen-bond acceptors (Lipinski definition) is 5. The van der Waals surface area contributed by atoms with Crippen LogP contribution in [0.2, 0.25) is 0 Å². The zero-order valence-corrected chi connectivity index (χ0v) is 11.0. The summed E-state index contributed by atoms with van der Waals surface area (Å²) in [4.78, 5) is 9.03. The maximum absolute atomic E-state index is 11.1. The van der Waals surface area contributed by atoms with Crippen molar-refractivity contribution in [3.05, 3.63) is 29.8 Å². The van der Waals surface area contributed by atoms with Gasteiger partial charge in [-0.2, -0.15) is 0 Å². The van der Waals surface area contributed by atoms with Crippen molar-refractivity contribution in [1.82, 2.24) is 0 Å². The van der Waals surface area contributed by atoms with Gasteiger partial charge < -0.3 is 0 Å². The topological polar surface area (TPSA) is 110 Å². The molecule has 0 aliphatic heterocycles. The Morgan fingerprint density at radius 1 is 1.31 bits per heavy atom. The van der Waals surface area contributed by atoms with E-state index in [4.69, 9.17) is 8.65 Å². The predicted octanol–water partition coefficient (Wildman–Crippen LogP) is 1.16. The third-order valence-electron chi connectivity index (χ3n) is 1.50. The Bertz CT molecular complexity index is 523. The molecule has 0 aromatic heterocycles. The first-order valence-electron chi connectivity index (χ1n) is 3.96. The van der Waals surface area contributed by atoms with Gasteiger partial charge in [0.25, 0.3) is 0 Å². The summed E-state index contributed by atoms with van der Waals surface area (Å²) in [5.74, 6) is 0.000385. The molecular weight excluding hydrogens is 323 g/mol. The quantitative estimate of drug-likeness (QED) is 0.629. The average molecular weight is 332 g/mol. The van der Waals surface area contributed by atoms with Gasteiger partial charge in [-0.15, -0.1) is 0 Å². The number of phosphoric acid groups is 1. The molecule has 0 saturated carbocycles. The van der Waals surface area contributed by atoms with Crippen molar-refractivity contribution in [3.8, 4) is 5.75 Å². The Balaban J connectivity index is 2.90. The summed E-state index contributed by atoms with van der Waals surface area (Å²) in [7, 11) is -4.85. The maximum atomic E-state index is 11.1. The van der Waals surface area contributed by atoms with Gasteiger partial charge in [0, 0.05) is 0 Å². The molecule has 0 radical (unpaired) electrons. The Hall–Kier alpha value is -0.582. The first-order valence-corrected chi connectivity index (χ1v) is 8.81. The molecule has 2 N–H and O–H groups in total. The van der Waals surface area contributed by atoms with Crippen LogP contribution in [0.15, 0.2) is 24.3 Å². The Morgan fingerprint density at radius 2 is 1.88 bits per heavy atom. The summed E-state index contributed by atoms with van der Waals surface area (Å²) in [6.45, 7) is 1.59. The fraction of sp³-hybridized carbons (Fsp3) is 0.143. The van der Waals surface area contributed by atoms with Gasteiger partial charge in [-0.05, 0) is 0 Å². The van der Waals surface area contributed by atoms with E-state index in [-0.39, 0.29) is 5.75 Å². The molecule has 9 heteroatoms. The Kier molecular flexibility index (Phi) is 3.99. The van der Waals surface area contributed by atoms with E-state index < -0.39 is 24.6 Å². The summed E-state index contributed by atoms with van der Waals surface area (Å²) in [5, 5.41) is 0. The summed E-state index contributed by atoms with van der Waals surface area (Å²) in [5.41, 5.74) is 0.522. The second kappa shape index (κ2) is 4.73. The van der Waals surface area contributed by atoms with Crippen LogP contribution in [0.1, 0.15) is 5.56 Å². The minimum atomic E-state index is -6.11. The van der Waals surface area contributed by atoms with Gasteiger partial charge in [-0.1, -0.05) is 0 Å². The molecular formula is C7H9MoO7P. The van der Waals surface area contributed by atoms with Crippen LogP contribution in [0, 0.1) is 6.92 Å². The minimum absolute atomic E-state index is 0.000385. The van der Waals surface area contributed by atoms with Crippen molar-refractivity contribution >= 4 is 7.82 Å². The summed E-state index contributed by atoms with van der Waals surface area (Å²) < 4.78 is 48.3. The summed E-state index contributed by atoms with van der Waals surface area (Å²) in [6, 6.07) is 6.16. The molecule has 0 saturated heterocycles. The second-order valence-electron chi connectivity index (χ2n) is 2.83. The normalized spacial score (nSPS) is 15.4. The number of para-hydroxylation sites is 1. The van der Waals surface area contributed by atoms with E-state index in [1.807, 2.05) is 0 Å². The summed E-state index contributed by atoms with van der Waals surface area (Å²) in [6.07, 6.45) is 0. The summed E-state index contributed by atoms with van der Waals surface area (Å²) >= 11 is -6.11. The van der Waals surface area contributed by atoms with E-state index in [0.717, 1.165) is 0 Å². The molecule has 1 atom stereocenters. The van der Waals surface area contributed by atoms with Crippen LogP contribution < -0.4 is 4.52 Å². The standard InChI is InChI=1S/C7H9O4P.Mo.H2O.2O/c1-6-4-2-3-5-7(6)11-12(8,9)10;;;;/h2-5H,1H3,(H2,8,9,10);;1H2;;/q;+2;;;/p-2. The van der Waals surface area contributed by atoms with Gasteiger partial charge in [0.2, 0.25) is 0 Å². The van der Waals surface area contributed by atoms with Crippen LogP contribution in [0.3, 0.4) is 0 Å². The van der Waals surface area contributed by atoms with E-state index in [1.54, 1.807) is 19.1 Å². The average Bonchev–Trinajstić information content (AvgIpc) is 2.04. The second-order valence-corrected chi connectivity index (χ2v) is 7.30. The van der Waals surface area contributed by atoms with Gasteiger partial charge in [-0.3, -0.25) is 0 Å². The van der Waals surface area contributed by atoms with E-state index in [9.17, 15) is 11.4 Å². The van der Waals surface area contributed by atoms with Crippen LogP contribution in [0.5, 0.6) is 5.75 Å². The Labute approximate surface area is 95.0 Å². The molecule has 0 amide bonds. The molecule has 0 heterocycles. The molecule has 1 aromatic carbocycles. The van der Waals surface area contributed by atoms with Crippen molar-refractivity contribution < 1.29 is 44.5 Å². The van der Waals surface area contributed by atoms with Gasteiger partial charge >= 0.3 is 94.8 Å². The number of phosphoric ester groups is 1. The van der Waals surface area contributed by atoms with E-state index in [2.05, 4.69) is 7.70 Å². The van der Waals surface area contributed by atoms with E-state index in [0.29, 0.717) is 5.56 Å². The number of aryl methyl sites for hydroxylation is 1. The molecule has 0 aliphatic rings. The number of rotatable bonds is 4. The molecule has 16 heavy (non-hydrogen) atoms. The monoisotopic (exact) mass is 334 g/mol. The SMILES string of the molecule is Cc1ccccc1OP(=O)(O)[O][Mo](=[O])(=[O])[OH]. The fourth-order valence-corrected chi connectivity index (χ4v) is 3.62. The first kappa shape index (κ1) is 13.5. The molecule has 1 rings (SSSR count). The molecule has 1 aromatic rings. The predicted molar refractivity (Wildman–Crippen MR) is 46.3 cm³/mol. The number of benzene rings is 1. The van der Waals surface area contributed by atoms with Crippen LogP contribution in [-0.2, 0) is 31.3 Å². The molecule has 0 bridgehead atoms. The van der Waals surface area contributed by atoms with Crippen molar-refractivity contribution in [2.75, 3.05) is 0 Å². The first-order chi connectivity index (χ1) is 7.20. The van der Waals surface area contributed by atoms with Crippen LogP contribution >= 0.6 is 7.82 Å². The third kappa shape index (κ3) is 4.51. The molecule has 7 nitrogen and oxygen atoms in total. The van der Waals surface area contributed by atoms with Crippen LogP contribution in [0.25, 0.3) is 0 Å². The van der Waals surface area contributed by atoms with Crippen molar-refractivity contribution in [1.29, 1.82) is 0 Å². The third-order valence-corrected chi connectivity index (χ3v) is 5.08. The van der Waals surface area contributed by atoms with E-state index in [1.165, 1.54) is 12.1 Å². The van der Waals surface area contributed by atoms with Crippen molar-refractivity contribution in [2.24, 2.45) is 0 Å². The van der Waals surface area contributed by atoms with E-state index >= 15 is 0 Å². The fourth-order valence-electron chi connectivity index (χ4n) is 0.917. The molecule has 0 aliphatic carbocycles. The number of hydrogen-bond donors (Lipinski definition) is 2. The molecule has 0 spiro atoms. The molecule has 1 unspecified atom stereocenters. The van der Waals surface area contributed by atoms with Gasteiger partial charge in [0.05, 0.1) is 0 Å². The van der Waals surface area contributed by atoms with Gasteiger partial charge in [0.1, 0.15) is 0 Å². The Morgan fingerprint density at radius 3 is 2.38 bits per heavy atom. The van der Waals surface area contributed by atoms with Crippen LogP contribution in [0.4, 0.5) is 0 Å². The zero-order valence-electron chi connectivity index (χ0n) is 8.10. The van der Waals surface area contributed by atoms with Crippen LogP contribution in [-0.4, -0.2) is 8.65 Å². The van der Waals surface area contributed by atoms with Crippen molar-refractivity contribution in [2.45, 2.75) is 6.92 Å². The zero-order chi connectivity index (χ0) is 12.4. The molecule has 0 fully saturated rings. The molecule has 90 valence electrons. The van der Waals surface area contributed by atoms with Gasteiger partial charge in [0.15, 0.2) is 0 Å². The van der Waals surface area contributed by atoms with Gasteiger partial charge in [-0.25, -0.2) is 0 Å².